The van der Waals surface area contributed by atoms with E-state index in [2.05, 4.69) is 11.0 Å². The summed E-state index contributed by atoms with van der Waals surface area (Å²) in [7, 11) is 0. The van der Waals surface area contributed by atoms with Gasteiger partial charge in [0.2, 0.25) is 0 Å². The highest BCUT2D eigenvalue weighted by Gasteiger charge is 2.34. The maximum Gasteiger partial charge on any atom is 0.0741 e. The van der Waals surface area contributed by atoms with Gasteiger partial charge in [0, 0.05) is 12.6 Å². The summed E-state index contributed by atoms with van der Waals surface area (Å²) in [6.45, 7) is 1.13. The predicted molar refractivity (Wildman–Crippen MR) is 78.2 cm³/mol. The first-order valence-electron chi connectivity index (χ1n) is 7.08. The topological polar surface area (TPSA) is 29.3 Å². The van der Waals surface area contributed by atoms with E-state index in [1.807, 2.05) is 12.1 Å². The second kappa shape index (κ2) is 5.00. The van der Waals surface area contributed by atoms with E-state index in [-0.39, 0.29) is 0 Å². The highest BCUT2D eigenvalue weighted by atomic mass is 35.5. The Hall–Kier alpha value is -0.890. The standard InChI is InChI=1S/C15H21ClN2/c16-12-7-3-9-14(15(12)17)18-10-4-6-11-5-1-2-8-13(11)18/h3,7,9,11,13H,1-2,4-6,8,10,17H2. The zero-order valence-electron chi connectivity index (χ0n) is 10.7. The lowest BCUT2D eigenvalue weighted by Gasteiger charge is -2.45. The number of nitrogens with zero attached hydrogens (tertiary/aromatic N) is 1. The lowest BCUT2D eigenvalue weighted by atomic mass is 9.78. The Labute approximate surface area is 114 Å². The summed E-state index contributed by atoms with van der Waals surface area (Å²) in [6.07, 6.45) is 8.14. The van der Waals surface area contributed by atoms with Crippen molar-refractivity contribution in [3.05, 3.63) is 23.2 Å². The normalized spacial score (nSPS) is 27.9. The fraction of sp³-hybridized carbons (Fsp3) is 0.600. The van der Waals surface area contributed by atoms with Crippen LogP contribution in [-0.2, 0) is 0 Å². The van der Waals surface area contributed by atoms with Gasteiger partial charge in [0.1, 0.15) is 0 Å². The third kappa shape index (κ3) is 2.07. The number of hydrogen-bond donors (Lipinski definition) is 1. The first-order valence-corrected chi connectivity index (χ1v) is 7.46. The van der Waals surface area contributed by atoms with Crippen LogP contribution in [0.4, 0.5) is 11.4 Å². The Kier molecular flexibility index (Phi) is 3.38. The molecule has 0 spiro atoms. The zero-order valence-corrected chi connectivity index (χ0v) is 11.5. The minimum absolute atomic E-state index is 0.686. The van der Waals surface area contributed by atoms with E-state index >= 15 is 0 Å². The summed E-state index contributed by atoms with van der Waals surface area (Å²) in [6, 6.07) is 6.70. The molecule has 1 aromatic rings. The molecule has 2 N–H and O–H groups in total. The molecule has 0 bridgehead atoms. The van der Waals surface area contributed by atoms with Gasteiger partial charge < -0.3 is 10.6 Å². The average molecular weight is 265 g/mol. The van der Waals surface area contributed by atoms with E-state index in [0.29, 0.717) is 11.1 Å². The molecule has 2 nitrogen and oxygen atoms in total. The van der Waals surface area contributed by atoms with Crippen molar-refractivity contribution in [2.75, 3.05) is 17.2 Å². The zero-order chi connectivity index (χ0) is 12.5. The number of hydrogen-bond acceptors (Lipinski definition) is 2. The molecule has 0 aromatic heterocycles. The predicted octanol–water partition coefficient (Wildman–Crippen LogP) is 4.08. The van der Waals surface area contributed by atoms with Gasteiger partial charge in [0.15, 0.2) is 0 Å². The van der Waals surface area contributed by atoms with Crippen LogP contribution < -0.4 is 10.6 Å². The van der Waals surface area contributed by atoms with Crippen molar-refractivity contribution in [2.24, 2.45) is 5.92 Å². The minimum atomic E-state index is 0.686. The summed E-state index contributed by atoms with van der Waals surface area (Å²) in [4.78, 5) is 2.52. The number of anilines is 2. The molecular weight excluding hydrogens is 244 g/mol. The van der Waals surface area contributed by atoms with E-state index in [1.54, 1.807) is 0 Å². The maximum atomic E-state index is 6.16. The average Bonchev–Trinajstić information content (AvgIpc) is 2.41. The van der Waals surface area contributed by atoms with Crippen LogP contribution in [0.3, 0.4) is 0 Å². The summed E-state index contributed by atoms with van der Waals surface area (Å²) in [5, 5.41) is 0.686. The van der Waals surface area contributed by atoms with Crippen LogP contribution in [0.1, 0.15) is 38.5 Å². The van der Waals surface area contributed by atoms with Gasteiger partial charge in [0.05, 0.1) is 16.4 Å². The van der Waals surface area contributed by atoms with Crippen LogP contribution in [-0.4, -0.2) is 12.6 Å². The number of nitrogen functional groups attached to an aromatic ring is 1. The number of nitrogens with two attached hydrogens (primary N) is 1. The van der Waals surface area contributed by atoms with Crippen molar-refractivity contribution >= 4 is 23.0 Å². The molecule has 3 rings (SSSR count). The molecular formula is C15H21ClN2. The SMILES string of the molecule is Nc1c(Cl)cccc1N1CCCC2CCCCC21. The second-order valence-corrected chi connectivity index (χ2v) is 6.03. The number of rotatable bonds is 1. The third-order valence-corrected chi connectivity index (χ3v) is 4.91. The van der Waals surface area contributed by atoms with E-state index < -0.39 is 0 Å². The fourth-order valence-corrected chi connectivity index (χ4v) is 3.87. The van der Waals surface area contributed by atoms with Crippen molar-refractivity contribution < 1.29 is 0 Å². The molecule has 98 valence electrons. The monoisotopic (exact) mass is 264 g/mol. The van der Waals surface area contributed by atoms with Gasteiger partial charge in [-0.05, 0) is 43.7 Å². The van der Waals surface area contributed by atoms with Crippen molar-refractivity contribution in [3.8, 4) is 0 Å². The molecule has 1 aliphatic heterocycles. The Morgan fingerprint density at radius 1 is 1.11 bits per heavy atom. The van der Waals surface area contributed by atoms with Crippen LogP contribution in [0.5, 0.6) is 0 Å². The Balaban J connectivity index is 1.92. The van der Waals surface area contributed by atoms with Crippen molar-refractivity contribution in [1.29, 1.82) is 0 Å². The number of piperidine rings is 1. The number of fused-ring (bicyclic) bond motifs is 1. The van der Waals surface area contributed by atoms with Crippen LogP contribution in [0.15, 0.2) is 18.2 Å². The molecule has 2 aliphatic rings. The summed E-state index contributed by atoms with van der Waals surface area (Å²) < 4.78 is 0. The largest absolute Gasteiger partial charge is 0.396 e. The maximum absolute atomic E-state index is 6.16. The number of benzene rings is 1. The van der Waals surface area contributed by atoms with E-state index in [1.165, 1.54) is 38.5 Å². The molecule has 18 heavy (non-hydrogen) atoms. The van der Waals surface area contributed by atoms with Crippen LogP contribution in [0.2, 0.25) is 5.02 Å². The summed E-state index contributed by atoms with van der Waals surface area (Å²) >= 11 is 6.16. The highest BCUT2D eigenvalue weighted by molar-refractivity contribution is 6.33. The summed E-state index contributed by atoms with van der Waals surface area (Å²) in [5.74, 6) is 0.867. The van der Waals surface area contributed by atoms with Gasteiger partial charge in [-0.3, -0.25) is 0 Å². The summed E-state index contributed by atoms with van der Waals surface area (Å²) in [5.41, 5.74) is 8.07. The minimum Gasteiger partial charge on any atom is -0.396 e. The molecule has 0 amide bonds. The van der Waals surface area contributed by atoms with Crippen LogP contribution in [0, 0.1) is 5.92 Å². The molecule has 1 aromatic carbocycles. The van der Waals surface area contributed by atoms with Gasteiger partial charge in [-0.1, -0.05) is 30.5 Å². The molecule has 1 heterocycles. The highest BCUT2D eigenvalue weighted by Crippen LogP contribution is 2.40. The Bertz CT molecular complexity index is 431. The smallest absolute Gasteiger partial charge is 0.0741 e. The number of halogens is 1. The van der Waals surface area contributed by atoms with Crippen LogP contribution in [0.25, 0.3) is 0 Å². The molecule has 2 unspecified atom stereocenters. The lowest BCUT2D eigenvalue weighted by molar-refractivity contribution is 0.244. The van der Waals surface area contributed by atoms with Gasteiger partial charge >= 0.3 is 0 Å². The van der Waals surface area contributed by atoms with Gasteiger partial charge in [-0.15, -0.1) is 0 Å². The molecule has 3 heteroatoms. The molecule has 0 radical (unpaired) electrons. The molecule has 1 aliphatic carbocycles. The quantitative estimate of drug-likeness (QED) is 0.775. The van der Waals surface area contributed by atoms with Crippen molar-refractivity contribution in [2.45, 2.75) is 44.6 Å². The lowest BCUT2D eigenvalue weighted by Crippen LogP contribution is -2.47. The van der Waals surface area contributed by atoms with Crippen molar-refractivity contribution in [1.82, 2.24) is 0 Å². The van der Waals surface area contributed by atoms with E-state index in [4.69, 9.17) is 17.3 Å². The Morgan fingerprint density at radius 2 is 1.89 bits per heavy atom. The van der Waals surface area contributed by atoms with Crippen LogP contribution >= 0.6 is 11.6 Å². The van der Waals surface area contributed by atoms with E-state index in [0.717, 1.165) is 23.8 Å². The first kappa shape index (κ1) is 12.2. The van der Waals surface area contributed by atoms with Gasteiger partial charge in [0.25, 0.3) is 0 Å². The van der Waals surface area contributed by atoms with E-state index in [9.17, 15) is 0 Å². The molecule has 2 fully saturated rings. The first-order chi connectivity index (χ1) is 8.77. The molecule has 2 atom stereocenters. The molecule has 1 saturated heterocycles. The van der Waals surface area contributed by atoms with Gasteiger partial charge in [-0.25, -0.2) is 0 Å². The van der Waals surface area contributed by atoms with Gasteiger partial charge in [-0.2, -0.15) is 0 Å². The Morgan fingerprint density at radius 3 is 2.78 bits per heavy atom. The number of para-hydroxylation sites is 1. The fourth-order valence-electron chi connectivity index (χ4n) is 3.70. The second-order valence-electron chi connectivity index (χ2n) is 5.62. The van der Waals surface area contributed by atoms with Crippen molar-refractivity contribution in [3.63, 3.8) is 0 Å². The third-order valence-electron chi connectivity index (χ3n) is 4.58. The molecule has 1 saturated carbocycles.